The van der Waals surface area contributed by atoms with Gasteiger partial charge in [-0.15, -0.1) is 0 Å². The van der Waals surface area contributed by atoms with Crippen molar-refractivity contribution in [3.8, 4) is 0 Å². The van der Waals surface area contributed by atoms with E-state index in [4.69, 9.17) is 11.6 Å². The zero-order valence-corrected chi connectivity index (χ0v) is 12.2. The Morgan fingerprint density at radius 1 is 1.26 bits per heavy atom. The summed E-state index contributed by atoms with van der Waals surface area (Å²) in [5, 5.41) is 11.8. The van der Waals surface area contributed by atoms with Gasteiger partial charge in [-0.25, -0.2) is 0 Å². The lowest BCUT2D eigenvalue weighted by atomic mass is 10.2. The number of rotatable bonds is 4. The SMILES string of the molecule is O=[N+]([O-])c1ccc(Cl)c(NSC2CCCCCC2)c1. The normalized spacial score (nSPS) is 16.9. The summed E-state index contributed by atoms with van der Waals surface area (Å²) < 4.78 is 3.19. The van der Waals surface area contributed by atoms with Crippen LogP contribution in [0, 0.1) is 10.1 Å². The first kappa shape index (κ1) is 14.5. The summed E-state index contributed by atoms with van der Waals surface area (Å²) in [7, 11) is 0. The zero-order chi connectivity index (χ0) is 13.7. The molecule has 1 aromatic rings. The maximum absolute atomic E-state index is 10.7. The van der Waals surface area contributed by atoms with Crippen LogP contribution in [0.3, 0.4) is 0 Å². The molecule has 104 valence electrons. The highest BCUT2D eigenvalue weighted by Gasteiger charge is 2.15. The van der Waals surface area contributed by atoms with Gasteiger partial charge in [0.2, 0.25) is 0 Å². The average Bonchev–Trinajstić information content (AvgIpc) is 2.66. The Morgan fingerprint density at radius 3 is 2.58 bits per heavy atom. The van der Waals surface area contributed by atoms with Crippen molar-refractivity contribution in [1.82, 2.24) is 0 Å². The number of nitro groups is 1. The molecule has 4 nitrogen and oxygen atoms in total. The number of nitrogens with zero attached hydrogens (tertiary/aromatic N) is 1. The van der Waals surface area contributed by atoms with E-state index in [0.717, 1.165) is 0 Å². The molecule has 1 fully saturated rings. The smallest absolute Gasteiger partial charge is 0.271 e. The van der Waals surface area contributed by atoms with Crippen LogP contribution in [0.4, 0.5) is 11.4 Å². The van der Waals surface area contributed by atoms with E-state index in [-0.39, 0.29) is 5.69 Å². The molecule has 0 unspecified atom stereocenters. The Kier molecular flexibility index (Phi) is 5.34. The molecular formula is C13H17ClN2O2S. The number of nitro benzene ring substituents is 1. The number of nitrogens with one attached hydrogen (secondary N) is 1. The third kappa shape index (κ3) is 4.28. The van der Waals surface area contributed by atoms with Gasteiger partial charge in [0.15, 0.2) is 0 Å². The second-order valence-corrected chi connectivity index (χ2v) is 6.27. The molecule has 0 bridgehead atoms. The van der Waals surface area contributed by atoms with E-state index in [9.17, 15) is 10.1 Å². The summed E-state index contributed by atoms with van der Waals surface area (Å²) in [4.78, 5) is 10.3. The summed E-state index contributed by atoms with van der Waals surface area (Å²) in [6, 6.07) is 4.48. The molecule has 2 rings (SSSR count). The third-order valence-corrected chi connectivity index (χ3v) is 4.77. The van der Waals surface area contributed by atoms with Gasteiger partial charge in [-0.2, -0.15) is 0 Å². The van der Waals surface area contributed by atoms with E-state index in [1.165, 1.54) is 50.7 Å². The second kappa shape index (κ2) is 7.01. The molecule has 0 spiro atoms. The molecule has 0 aliphatic heterocycles. The molecule has 1 aliphatic carbocycles. The maximum atomic E-state index is 10.7. The summed E-state index contributed by atoms with van der Waals surface area (Å²) in [5.74, 6) is 0. The summed E-state index contributed by atoms with van der Waals surface area (Å²) >= 11 is 7.69. The first-order chi connectivity index (χ1) is 9.16. The van der Waals surface area contributed by atoms with Gasteiger partial charge < -0.3 is 4.72 Å². The fourth-order valence-corrected chi connectivity index (χ4v) is 3.46. The van der Waals surface area contributed by atoms with Crippen LogP contribution >= 0.6 is 23.5 Å². The van der Waals surface area contributed by atoms with Gasteiger partial charge in [-0.1, -0.05) is 37.3 Å². The lowest BCUT2D eigenvalue weighted by molar-refractivity contribution is -0.384. The van der Waals surface area contributed by atoms with Crippen LogP contribution in [-0.2, 0) is 0 Å². The van der Waals surface area contributed by atoms with Crippen molar-refractivity contribution in [2.45, 2.75) is 43.8 Å². The van der Waals surface area contributed by atoms with E-state index < -0.39 is 4.92 Å². The Hall–Kier alpha value is -0.940. The summed E-state index contributed by atoms with van der Waals surface area (Å²) in [5.41, 5.74) is 0.693. The van der Waals surface area contributed by atoms with Crippen LogP contribution in [0.25, 0.3) is 0 Å². The van der Waals surface area contributed by atoms with Crippen molar-refractivity contribution in [3.63, 3.8) is 0 Å². The van der Waals surface area contributed by atoms with Gasteiger partial charge in [0.25, 0.3) is 5.69 Å². The van der Waals surface area contributed by atoms with E-state index >= 15 is 0 Å². The second-order valence-electron chi connectivity index (χ2n) is 4.75. The zero-order valence-electron chi connectivity index (χ0n) is 10.6. The lowest BCUT2D eigenvalue weighted by Crippen LogP contribution is -2.04. The Labute approximate surface area is 122 Å². The quantitative estimate of drug-likeness (QED) is 0.367. The van der Waals surface area contributed by atoms with Gasteiger partial charge >= 0.3 is 0 Å². The van der Waals surface area contributed by atoms with Crippen molar-refractivity contribution in [1.29, 1.82) is 0 Å². The Bertz CT molecular complexity index is 448. The Morgan fingerprint density at radius 2 is 1.95 bits per heavy atom. The van der Waals surface area contributed by atoms with E-state index in [1.807, 2.05) is 0 Å². The first-order valence-electron chi connectivity index (χ1n) is 6.52. The number of non-ortho nitro benzene ring substituents is 1. The van der Waals surface area contributed by atoms with Crippen molar-refractivity contribution in [2.75, 3.05) is 4.72 Å². The molecule has 0 heterocycles. The highest BCUT2D eigenvalue weighted by molar-refractivity contribution is 8.01. The molecular weight excluding hydrogens is 284 g/mol. The highest BCUT2D eigenvalue weighted by atomic mass is 35.5. The molecule has 0 amide bonds. The fraction of sp³-hybridized carbons (Fsp3) is 0.538. The fourth-order valence-electron chi connectivity index (χ4n) is 2.21. The highest BCUT2D eigenvalue weighted by Crippen LogP contribution is 2.32. The average molecular weight is 301 g/mol. The topological polar surface area (TPSA) is 55.2 Å². The third-order valence-electron chi connectivity index (χ3n) is 3.30. The van der Waals surface area contributed by atoms with Gasteiger partial charge in [0.05, 0.1) is 15.6 Å². The standard InChI is InChI=1S/C13H17ClN2O2S/c14-12-8-7-10(16(17)18)9-13(12)15-19-11-5-3-1-2-4-6-11/h7-9,11,15H,1-6H2. The number of anilines is 1. The van der Waals surface area contributed by atoms with Crippen molar-refractivity contribution >= 4 is 34.9 Å². The number of hydrogen-bond acceptors (Lipinski definition) is 4. The van der Waals surface area contributed by atoms with Crippen molar-refractivity contribution < 1.29 is 4.92 Å². The number of hydrogen-bond donors (Lipinski definition) is 1. The maximum Gasteiger partial charge on any atom is 0.271 e. The minimum Gasteiger partial charge on any atom is -0.328 e. The van der Waals surface area contributed by atoms with Gasteiger partial charge in [0, 0.05) is 17.4 Å². The monoisotopic (exact) mass is 300 g/mol. The van der Waals surface area contributed by atoms with Gasteiger partial charge in [-0.3, -0.25) is 10.1 Å². The molecule has 19 heavy (non-hydrogen) atoms. The summed E-state index contributed by atoms with van der Waals surface area (Å²) in [6.07, 6.45) is 7.56. The van der Waals surface area contributed by atoms with Crippen LogP contribution in [0.2, 0.25) is 5.02 Å². The summed E-state index contributed by atoms with van der Waals surface area (Å²) in [6.45, 7) is 0. The largest absolute Gasteiger partial charge is 0.328 e. The molecule has 1 N–H and O–H groups in total. The molecule has 0 aromatic heterocycles. The minimum absolute atomic E-state index is 0.0633. The van der Waals surface area contributed by atoms with Crippen LogP contribution in [0.5, 0.6) is 0 Å². The molecule has 1 saturated carbocycles. The Balaban J connectivity index is 1.97. The molecule has 0 radical (unpaired) electrons. The molecule has 1 aliphatic rings. The number of halogens is 1. The van der Waals surface area contributed by atoms with Crippen LogP contribution < -0.4 is 4.72 Å². The molecule has 0 saturated heterocycles. The predicted octanol–water partition coefficient (Wildman–Crippen LogP) is 5.03. The first-order valence-corrected chi connectivity index (χ1v) is 7.78. The lowest BCUT2D eigenvalue weighted by Gasteiger charge is -2.15. The molecule has 1 aromatic carbocycles. The predicted molar refractivity (Wildman–Crippen MR) is 80.8 cm³/mol. The van der Waals surface area contributed by atoms with Crippen LogP contribution in [-0.4, -0.2) is 10.2 Å². The van der Waals surface area contributed by atoms with Gasteiger partial charge in [-0.05, 0) is 30.9 Å². The van der Waals surface area contributed by atoms with E-state index in [0.29, 0.717) is 16.0 Å². The minimum atomic E-state index is -0.405. The van der Waals surface area contributed by atoms with Crippen molar-refractivity contribution in [3.05, 3.63) is 33.3 Å². The van der Waals surface area contributed by atoms with Crippen LogP contribution in [0.15, 0.2) is 18.2 Å². The van der Waals surface area contributed by atoms with Gasteiger partial charge in [0.1, 0.15) is 0 Å². The van der Waals surface area contributed by atoms with Crippen LogP contribution in [0.1, 0.15) is 38.5 Å². The molecule has 0 atom stereocenters. The molecule has 6 heteroatoms. The van der Waals surface area contributed by atoms with Crippen molar-refractivity contribution in [2.24, 2.45) is 0 Å². The van der Waals surface area contributed by atoms with E-state index in [1.54, 1.807) is 18.0 Å². The number of benzene rings is 1. The van der Waals surface area contributed by atoms with E-state index in [2.05, 4.69) is 4.72 Å².